The van der Waals surface area contributed by atoms with Crippen molar-refractivity contribution in [3.8, 4) is 0 Å². The van der Waals surface area contributed by atoms with Gasteiger partial charge in [-0.2, -0.15) is 0 Å². The van der Waals surface area contributed by atoms with Crippen molar-refractivity contribution >= 4 is 34.7 Å². The molecule has 0 unspecified atom stereocenters. The van der Waals surface area contributed by atoms with Gasteiger partial charge in [-0.3, -0.25) is 9.59 Å². The third kappa shape index (κ3) is 5.55. The molecule has 2 rings (SSSR count). The van der Waals surface area contributed by atoms with Crippen LogP contribution < -0.4 is 5.32 Å². The van der Waals surface area contributed by atoms with Gasteiger partial charge in [0.05, 0.1) is 0 Å². The molecule has 0 aromatic heterocycles. The zero-order valence-electron chi connectivity index (χ0n) is 13.3. The number of hydrogen-bond donors (Lipinski definition) is 1. The van der Waals surface area contributed by atoms with Gasteiger partial charge in [-0.15, -0.1) is 0 Å². The van der Waals surface area contributed by atoms with Gasteiger partial charge in [0.15, 0.2) is 0 Å². The van der Waals surface area contributed by atoms with Crippen LogP contribution in [-0.4, -0.2) is 30.1 Å². The summed E-state index contributed by atoms with van der Waals surface area (Å²) >= 11 is 1.12. The molecule has 24 heavy (non-hydrogen) atoms. The lowest BCUT2D eigenvalue weighted by molar-refractivity contribution is -0.111. The van der Waals surface area contributed by atoms with Crippen LogP contribution >= 0.6 is 11.8 Å². The molecular formula is C18H17FN2O2S. The van der Waals surface area contributed by atoms with Gasteiger partial charge >= 0.3 is 0 Å². The third-order valence-electron chi connectivity index (χ3n) is 2.99. The van der Waals surface area contributed by atoms with Crippen LogP contribution in [-0.2, 0) is 4.79 Å². The molecular weight excluding hydrogens is 327 g/mol. The molecule has 0 saturated heterocycles. The molecule has 0 aliphatic heterocycles. The Balaban J connectivity index is 1.92. The first kappa shape index (κ1) is 17.7. The number of amides is 2. The minimum Gasteiger partial charge on any atom is -0.339 e. The highest BCUT2D eigenvalue weighted by molar-refractivity contribution is 8.13. The molecule has 4 nitrogen and oxygen atoms in total. The predicted octanol–water partition coefficient (Wildman–Crippen LogP) is 4.25. The lowest BCUT2D eigenvalue weighted by Gasteiger charge is -2.09. The van der Waals surface area contributed by atoms with E-state index >= 15 is 0 Å². The van der Waals surface area contributed by atoms with Gasteiger partial charge in [0.1, 0.15) is 5.82 Å². The number of halogens is 1. The topological polar surface area (TPSA) is 49.4 Å². The summed E-state index contributed by atoms with van der Waals surface area (Å²) in [4.78, 5) is 25.8. The van der Waals surface area contributed by atoms with Crippen molar-refractivity contribution in [2.24, 2.45) is 0 Å². The molecule has 2 amide bonds. The Hall–Kier alpha value is -2.60. The largest absolute Gasteiger partial charge is 0.339 e. The fourth-order valence-corrected chi connectivity index (χ4v) is 2.38. The van der Waals surface area contributed by atoms with E-state index in [1.165, 1.54) is 23.1 Å². The molecule has 0 radical (unpaired) electrons. The van der Waals surface area contributed by atoms with Gasteiger partial charge in [-0.25, -0.2) is 4.39 Å². The normalized spacial score (nSPS) is 10.6. The van der Waals surface area contributed by atoms with Crippen molar-refractivity contribution in [1.82, 2.24) is 4.90 Å². The van der Waals surface area contributed by atoms with Crippen LogP contribution in [0.1, 0.15) is 5.56 Å². The lowest BCUT2D eigenvalue weighted by Crippen LogP contribution is -2.16. The maximum absolute atomic E-state index is 12.8. The van der Waals surface area contributed by atoms with Crippen LogP contribution in [0.3, 0.4) is 0 Å². The summed E-state index contributed by atoms with van der Waals surface area (Å²) in [5, 5.41) is 2.66. The molecule has 0 aliphatic carbocycles. The molecule has 0 atom stereocenters. The summed E-state index contributed by atoms with van der Waals surface area (Å²) in [5.74, 6) is -0.605. The van der Waals surface area contributed by atoms with Gasteiger partial charge in [-0.05, 0) is 59.8 Å². The summed E-state index contributed by atoms with van der Waals surface area (Å²) in [6.07, 6.45) is 2.99. The SMILES string of the molecule is CN(C)C(=O)Sc1ccc(NC(=O)/C=C/c2ccc(F)cc2)cc1. The first-order valence-corrected chi connectivity index (χ1v) is 7.99. The summed E-state index contributed by atoms with van der Waals surface area (Å²) in [5.41, 5.74) is 1.37. The van der Waals surface area contributed by atoms with Crippen molar-refractivity contribution in [2.75, 3.05) is 19.4 Å². The Kier molecular flexibility index (Phi) is 6.14. The molecule has 124 valence electrons. The summed E-state index contributed by atoms with van der Waals surface area (Å²) in [6.45, 7) is 0. The van der Waals surface area contributed by atoms with Gasteiger partial charge in [0.25, 0.3) is 5.24 Å². The highest BCUT2D eigenvalue weighted by atomic mass is 32.2. The standard InChI is InChI=1S/C18H17FN2O2S/c1-21(2)18(23)24-16-10-8-15(9-11-16)20-17(22)12-5-13-3-6-14(19)7-4-13/h3-12H,1-2H3,(H,20,22)/b12-5+. The van der Waals surface area contributed by atoms with Crippen molar-refractivity contribution < 1.29 is 14.0 Å². The van der Waals surface area contributed by atoms with E-state index in [-0.39, 0.29) is 17.0 Å². The van der Waals surface area contributed by atoms with Crippen LogP contribution in [0.25, 0.3) is 6.08 Å². The highest BCUT2D eigenvalue weighted by Gasteiger charge is 2.06. The number of nitrogens with zero attached hydrogens (tertiary/aromatic N) is 1. The summed E-state index contributed by atoms with van der Waals surface area (Å²) < 4.78 is 12.8. The van der Waals surface area contributed by atoms with Crippen LogP contribution in [0.4, 0.5) is 14.9 Å². The monoisotopic (exact) mass is 344 g/mol. The number of carbonyl (C=O) groups is 2. The molecule has 6 heteroatoms. The Bertz CT molecular complexity index is 741. The Morgan fingerprint density at radius 1 is 1.04 bits per heavy atom. The Labute approximate surface area is 144 Å². The average Bonchev–Trinajstić information content (AvgIpc) is 2.56. The third-order valence-corrected chi connectivity index (χ3v) is 4.04. The number of thioether (sulfide) groups is 1. The smallest absolute Gasteiger partial charge is 0.285 e. The lowest BCUT2D eigenvalue weighted by atomic mass is 10.2. The molecule has 0 saturated carbocycles. The number of benzene rings is 2. The van der Waals surface area contributed by atoms with Crippen LogP contribution in [0.2, 0.25) is 0 Å². The molecule has 0 spiro atoms. The first-order chi connectivity index (χ1) is 11.4. The molecule has 0 aliphatic rings. The van der Waals surface area contributed by atoms with E-state index < -0.39 is 0 Å². The highest BCUT2D eigenvalue weighted by Crippen LogP contribution is 2.22. The van der Waals surface area contributed by atoms with Gasteiger partial charge in [0, 0.05) is 30.8 Å². The van der Waals surface area contributed by atoms with Gasteiger partial charge in [-0.1, -0.05) is 12.1 Å². The van der Waals surface area contributed by atoms with E-state index in [2.05, 4.69) is 5.32 Å². The quantitative estimate of drug-likeness (QED) is 0.666. The first-order valence-electron chi connectivity index (χ1n) is 7.18. The fraction of sp³-hybridized carbons (Fsp3) is 0.111. The minimum absolute atomic E-state index is 0.0611. The average molecular weight is 344 g/mol. The fourth-order valence-electron chi connectivity index (χ4n) is 1.73. The van der Waals surface area contributed by atoms with E-state index in [9.17, 15) is 14.0 Å². The van der Waals surface area contributed by atoms with E-state index in [4.69, 9.17) is 0 Å². The number of nitrogens with one attached hydrogen (secondary N) is 1. The molecule has 2 aromatic rings. The number of anilines is 1. The number of hydrogen-bond acceptors (Lipinski definition) is 3. The van der Waals surface area contributed by atoms with Crippen molar-refractivity contribution in [3.05, 3.63) is 66.0 Å². The van der Waals surface area contributed by atoms with Crippen molar-refractivity contribution in [1.29, 1.82) is 0 Å². The van der Waals surface area contributed by atoms with Gasteiger partial charge < -0.3 is 10.2 Å². The van der Waals surface area contributed by atoms with E-state index in [1.54, 1.807) is 56.6 Å². The van der Waals surface area contributed by atoms with E-state index in [0.29, 0.717) is 5.69 Å². The van der Waals surface area contributed by atoms with Crippen molar-refractivity contribution in [2.45, 2.75) is 4.90 Å². The summed E-state index contributed by atoms with van der Waals surface area (Å²) in [6, 6.07) is 12.9. The second-order valence-electron chi connectivity index (χ2n) is 5.16. The molecule has 0 bridgehead atoms. The van der Waals surface area contributed by atoms with E-state index in [0.717, 1.165) is 22.2 Å². The minimum atomic E-state index is -0.317. The predicted molar refractivity (Wildman–Crippen MR) is 95.4 cm³/mol. The number of carbonyl (C=O) groups excluding carboxylic acids is 2. The second kappa shape index (κ2) is 8.31. The van der Waals surface area contributed by atoms with Gasteiger partial charge in [0.2, 0.25) is 5.91 Å². The number of rotatable bonds is 4. The Morgan fingerprint density at radius 2 is 1.67 bits per heavy atom. The summed E-state index contributed by atoms with van der Waals surface area (Å²) in [7, 11) is 3.38. The maximum Gasteiger partial charge on any atom is 0.285 e. The zero-order chi connectivity index (χ0) is 17.5. The molecule has 2 aromatic carbocycles. The second-order valence-corrected chi connectivity index (χ2v) is 6.19. The zero-order valence-corrected chi connectivity index (χ0v) is 14.1. The molecule has 0 heterocycles. The van der Waals surface area contributed by atoms with Crippen molar-refractivity contribution in [3.63, 3.8) is 0 Å². The molecule has 1 N–H and O–H groups in total. The van der Waals surface area contributed by atoms with Crippen LogP contribution in [0.15, 0.2) is 59.5 Å². The van der Waals surface area contributed by atoms with E-state index in [1.807, 2.05) is 0 Å². The molecule has 0 fully saturated rings. The Morgan fingerprint density at radius 3 is 2.25 bits per heavy atom. The van der Waals surface area contributed by atoms with Crippen LogP contribution in [0, 0.1) is 5.82 Å². The maximum atomic E-state index is 12.8. The van der Waals surface area contributed by atoms with Crippen LogP contribution in [0.5, 0.6) is 0 Å².